The highest BCUT2D eigenvalue weighted by molar-refractivity contribution is 6.11. The SMILES string of the molecule is CC(C)CC(Cc1cccc(-n2c3ccccc3c3cc(-c4cccc(-n5c6ccccc6c6ccccc65)c4)ccc32)c1)C(C)C. The minimum Gasteiger partial charge on any atom is -0.309 e. The number of hydrogen-bond acceptors (Lipinski definition) is 0. The van der Waals surface area contributed by atoms with E-state index in [1.807, 2.05) is 0 Å². The second-order valence-electron chi connectivity index (χ2n) is 14.0. The van der Waals surface area contributed by atoms with E-state index in [0.29, 0.717) is 17.8 Å². The Morgan fingerprint density at radius 3 is 1.55 bits per heavy atom. The van der Waals surface area contributed by atoms with E-state index in [1.54, 1.807) is 0 Å². The molecule has 0 bridgehead atoms. The van der Waals surface area contributed by atoms with Gasteiger partial charge in [-0.1, -0.05) is 113 Å². The first kappa shape index (κ1) is 29.3. The van der Waals surface area contributed by atoms with Crippen LogP contribution in [0.1, 0.15) is 39.7 Å². The molecule has 8 rings (SSSR count). The molecule has 232 valence electrons. The number of benzene rings is 6. The van der Waals surface area contributed by atoms with E-state index in [9.17, 15) is 0 Å². The molecule has 0 fully saturated rings. The molecule has 8 aromatic rings. The van der Waals surface area contributed by atoms with Crippen LogP contribution in [0.3, 0.4) is 0 Å². The van der Waals surface area contributed by atoms with Gasteiger partial charge in [0.05, 0.1) is 22.1 Å². The molecule has 0 radical (unpaired) electrons. The van der Waals surface area contributed by atoms with Gasteiger partial charge in [0, 0.05) is 32.9 Å². The van der Waals surface area contributed by atoms with Crippen LogP contribution in [0.15, 0.2) is 140 Å². The van der Waals surface area contributed by atoms with Crippen LogP contribution in [-0.2, 0) is 6.42 Å². The topological polar surface area (TPSA) is 9.86 Å². The summed E-state index contributed by atoms with van der Waals surface area (Å²) < 4.78 is 4.86. The minimum atomic E-state index is 0.668. The third kappa shape index (κ3) is 5.22. The maximum atomic E-state index is 2.46. The first-order valence-corrected chi connectivity index (χ1v) is 17.2. The van der Waals surface area contributed by atoms with Crippen molar-refractivity contribution in [3.63, 3.8) is 0 Å². The zero-order valence-corrected chi connectivity index (χ0v) is 27.8. The molecule has 2 heterocycles. The Balaban J connectivity index is 1.23. The largest absolute Gasteiger partial charge is 0.309 e. The summed E-state index contributed by atoms with van der Waals surface area (Å²) in [6.45, 7) is 9.44. The molecular weight excluding hydrogens is 569 g/mol. The molecule has 0 saturated heterocycles. The summed E-state index contributed by atoms with van der Waals surface area (Å²) in [4.78, 5) is 0. The lowest BCUT2D eigenvalue weighted by atomic mass is 9.83. The molecule has 2 nitrogen and oxygen atoms in total. The lowest BCUT2D eigenvalue weighted by molar-refractivity contribution is 0.315. The van der Waals surface area contributed by atoms with Crippen molar-refractivity contribution in [2.75, 3.05) is 0 Å². The van der Waals surface area contributed by atoms with Crippen molar-refractivity contribution >= 4 is 43.6 Å². The van der Waals surface area contributed by atoms with Crippen LogP contribution in [0.5, 0.6) is 0 Å². The van der Waals surface area contributed by atoms with Crippen molar-refractivity contribution in [2.24, 2.45) is 17.8 Å². The molecule has 1 atom stereocenters. The van der Waals surface area contributed by atoms with E-state index >= 15 is 0 Å². The number of rotatable bonds is 8. The second kappa shape index (κ2) is 11.9. The molecule has 0 N–H and O–H groups in total. The predicted molar refractivity (Wildman–Crippen MR) is 202 cm³/mol. The summed E-state index contributed by atoms with van der Waals surface area (Å²) >= 11 is 0. The molecule has 2 aromatic heterocycles. The summed E-state index contributed by atoms with van der Waals surface area (Å²) in [5.41, 5.74) is 11.2. The van der Waals surface area contributed by atoms with E-state index in [4.69, 9.17) is 0 Å². The van der Waals surface area contributed by atoms with Crippen LogP contribution >= 0.6 is 0 Å². The number of fused-ring (bicyclic) bond motifs is 6. The Bertz CT molecular complexity index is 2330. The monoisotopic (exact) mass is 610 g/mol. The van der Waals surface area contributed by atoms with Gasteiger partial charge >= 0.3 is 0 Å². The van der Waals surface area contributed by atoms with Crippen molar-refractivity contribution in [3.05, 3.63) is 145 Å². The zero-order chi connectivity index (χ0) is 32.1. The van der Waals surface area contributed by atoms with E-state index in [1.165, 1.54) is 78.1 Å². The summed E-state index contributed by atoms with van der Waals surface area (Å²) in [5.74, 6) is 2.06. The van der Waals surface area contributed by atoms with Crippen molar-refractivity contribution in [3.8, 4) is 22.5 Å². The smallest absolute Gasteiger partial charge is 0.0541 e. The highest BCUT2D eigenvalue weighted by Gasteiger charge is 2.18. The Kier molecular flexibility index (Phi) is 7.45. The highest BCUT2D eigenvalue weighted by Crippen LogP contribution is 2.37. The fourth-order valence-electron chi connectivity index (χ4n) is 7.78. The van der Waals surface area contributed by atoms with Crippen LogP contribution in [-0.4, -0.2) is 9.13 Å². The Hall–Kier alpha value is -5.08. The molecule has 0 aliphatic rings. The van der Waals surface area contributed by atoms with Crippen LogP contribution in [0.25, 0.3) is 66.1 Å². The van der Waals surface area contributed by atoms with Gasteiger partial charge in [-0.15, -0.1) is 0 Å². The summed E-state index contributed by atoms with van der Waals surface area (Å²) in [6, 6.07) is 51.6. The third-order valence-electron chi connectivity index (χ3n) is 10.1. The molecule has 0 aliphatic heterocycles. The van der Waals surface area contributed by atoms with Crippen molar-refractivity contribution in [1.82, 2.24) is 9.13 Å². The molecule has 0 aliphatic carbocycles. The summed E-state index contributed by atoms with van der Waals surface area (Å²) in [6.07, 6.45) is 2.38. The van der Waals surface area contributed by atoms with Gasteiger partial charge in [0.1, 0.15) is 0 Å². The van der Waals surface area contributed by atoms with Gasteiger partial charge in [-0.3, -0.25) is 0 Å². The zero-order valence-electron chi connectivity index (χ0n) is 27.8. The molecule has 6 aromatic carbocycles. The van der Waals surface area contributed by atoms with E-state index in [2.05, 4.69) is 176 Å². The summed E-state index contributed by atoms with van der Waals surface area (Å²) in [7, 11) is 0. The quantitative estimate of drug-likeness (QED) is 0.162. The van der Waals surface area contributed by atoms with Gasteiger partial charge in [-0.25, -0.2) is 0 Å². The van der Waals surface area contributed by atoms with Crippen LogP contribution < -0.4 is 0 Å². The van der Waals surface area contributed by atoms with Crippen molar-refractivity contribution < 1.29 is 0 Å². The van der Waals surface area contributed by atoms with Gasteiger partial charge in [0.15, 0.2) is 0 Å². The number of aromatic nitrogens is 2. The first-order valence-electron chi connectivity index (χ1n) is 17.2. The fourth-order valence-corrected chi connectivity index (χ4v) is 7.78. The van der Waals surface area contributed by atoms with E-state index in [0.717, 1.165) is 6.42 Å². The van der Waals surface area contributed by atoms with Gasteiger partial charge in [0.25, 0.3) is 0 Å². The van der Waals surface area contributed by atoms with Crippen LogP contribution in [0.2, 0.25) is 0 Å². The fraction of sp³-hybridized carbons (Fsp3) is 0.200. The molecule has 0 amide bonds. The van der Waals surface area contributed by atoms with Crippen molar-refractivity contribution in [1.29, 1.82) is 0 Å². The van der Waals surface area contributed by atoms with Crippen LogP contribution in [0, 0.1) is 17.8 Å². The highest BCUT2D eigenvalue weighted by atomic mass is 15.0. The Morgan fingerprint density at radius 1 is 0.447 bits per heavy atom. The van der Waals surface area contributed by atoms with Gasteiger partial charge < -0.3 is 9.13 Å². The average Bonchev–Trinajstić information content (AvgIpc) is 3.61. The molecule has 47 heavy (non-hydrogen) atoms. The van der Waals surface area contributed by atoms with Crippen LogP contribution in [0.4, 0.5) is 0 Å². The lowest BCUT2D eigenvalue weighted by Gasteiger charge is -2.23. The number of hydrogen-bond donors (Lipinski definition) is 0. The van der Waals surface area contributed by atoms with E-state index in [-0.39, 0.29) is 0 Å². The van der Waals surface area contributed by atoms with Crippen molar-refractivity contribution in [2.45, 2.75) is 40.5 Å². The molecular formula is C45H42N2. The second-order valence-corrected chi connectivity index (χ2v) is 14.0. The third-order valence-corrected chi connectivity index (χ3v) is 10.1. The summed E-state index contributed by atoms with van der Waals surface area (Å²) in [5, 5.41) is 5.14. The molecule has 0 spiro atoms. The Morgan fingerprint density at radius 2 is 0.957 bits per heavy atom. The minimum absolute atomic E-state index is 0.668. The van der Waals surface area contributed by atoms with Gasteiger partial charge in [-0.05, 0) is 102 Å². The normalized spacial score (nSPS) is 12.7. The lowest BCUT2D eigenvalue weighted by Crippen LogP contribution is -2.14. The Labute approximate surface area is 277 Å². The van der Waals surface area contributed by atoms with Gasteiger partial charge in [0.2, 0.25) is 0 Å². The molecule has 2 heteroatoms. The number of nitrogens with zero attached hydrogens (tertiary/aromatic N) is 2. The molecule has 0 saturated carbocycles. The maximum absolute atomic E-state index is 2.46. The molecule has 1 unspecified atom stereocenters. The van der Waals surface area contributed by atoms with Gasteiger partial charge in [-0.2, -0.15) is 0 Å². The number of para-hydroxylation sites is 3. The average molecular weight is 611 g/mol. The van der Waals surface area contributed by atoms with E-state index < -0.39 is 0 Å². The first-order chi connectivity index (χ1) is 23.0. The standard InChI is InChI=1S/C45H42N2/c1-30(2)25-35(31(3)4)26-32-13-11-15-36(27-32)46-44-22-10-7-19-40(44)41-29-34(23-24-45(41)46)33-14-12-16-37(28-33)47-42-20-8-5-17-38(42)39-18-6-9-21-43(39)47/h5-24,27-31,35H,25-26H2,1-4H3. The maximum Gasteiger partial charge on any atom is 0.0541 e. The predicted octanol–water partition coefficient (Wildman–Crippen LogP) is 12.4.